The molecular formula is C11H17BrN2O. The number of anilines is 2. The molecule has 0 amide bonds. The second-order valence-electron chi connectivity index (χ2n) is 3.74. The maximum atomic E-state index is 8.77. The predicted molar refractivity (Wildman–Crippen MR) is 67.9 cm³/mol. The number of rotatable bonds is 5. The van der Waals surface area contributed by atoms with Crippen LogP contribution in [0.5, 0.6) is 0 Å². The standard InChI is InChI=1S/C11H17BrN2O/c1-8(4-5-15)7-14-11-3-2-9(13)6-10(11)12/h2-3,6,8,14-15H,4-5,7,13H2,1H3. The van der Waals surface area contributed by atoms with E-state index in [0.29, 0.717) is 5.92 Å². The van der Waals surface area contributed by atoms with Crippen molar-refractivity contribution in [2.45, 2.75) is 13.3 Å². The van der Waals surface area contributed by atoms with Gasteiger partial charge in [-0.15, -0.1) is 0 Å². The first-order chi connectivity index (χ1) is 7.13. The summed E-state index contributed by atoms with van der Waals surface area (Å²) in [6, 6.07) is 5.69. The molecule has 3 nitrogen and oxygen atoms in total. The topological polar surface area (TPSA) is 58.3 Å². The molecule has 1 rings (SSSR count). The highest BCUT2D eigenvalue weighted by atomic mass is 79.9. The highest BCUT2D eigenvalue weighted by molar-refractivity contribution is 9.10. The second kappa shape index (κ2) is 5.98. The molecule has 1 aromatic rings. The van der Waals surface area contributed by atoms with Crippen molar-refractivity contribution in [2.75, 3.05) is 24.2 Å². The normalized spacial score (nSPS) is 12.5. The Hall–Kier alpha value is -0.740. The van der Waals surface area contributed by atoms with Crippen molar-refractivity contribution >= 4 is 27.3 Å². The van der Waals surface area contributed by atoms with Crippen LogP contribution in [-0.4, -0.2) is 18.3 Å². The summed E-state index contributed by atoms with van der Waals surface area (Å²) in [6.07, 6.45) is 0.819. The van der Waals surface area contributed by atoms with Crippen molar-refractivity contribution in [3.05, 3.63) is 22.7 Å². The molecule has 0 aliphatic rings. The molecule has 0 aliphatic heterocycles. The highest BCUT2D eigenvalue weighted by Gasteiger charge is 2.03. The van der Waals surface area contributed by atoms with Crippen molar-refractivity contribution in [3.8, 4) is 0 Å². The third-order valence-corrected chi connectivity index (χ3v) is 2.91. The molecule has 0 saturated carbocycles. The first kappa shape index (κ1) is 12.3. The van der Waals surface area contributed by atoms with Gasteiger partial charge in [-0.1, -0.05) is 6.92 Å². The molecule has 0 fully saturated rings. The second-order valence-corrected chi connectivity index (χ2v) is 4.59. The molecule has 4 N–H and O–H groups in total. The fourth-order valence-electron chi connectivity index (χ4n) is 1.28. The summed E-state index contributed by atoms with van der Waals surface area (Å²) in [5.74, 6) is 0.458. The van der Waals surface area contributed by atoms with Crippen LogP contribution in [0, 0.1) is 5.92 Å². The van der Waals surface area contributed by atoms with Gasteiger partial charge in [0.25, 0.3) is 0 Å². The number of aliphatic hydroxyl groups is 1. The fraction of sp³-hybridized carbons (Fsp3) is 0.455. The number of benzene rings is 1. The summed E-state index contributed by atoms with van der Waals surface area (Å²) in [5, 5.41) is 12.1. The molecule has 4 heteroatoms. The minimum absolute atomic E-state index is 0.242. The van der Waals surface area contributed by atoms with Crippen LogP contribution in [0.25, 0.3) is 0 Å². The van der Waals surface area contributed by atoms with Gasteiger partial charge >= 0.3 is 0 Å². The summed E-state index contributed by atoms with van der Waals surface area (Å²) in [5.41, 5.74) is 7.42. The van der Waals surface area contributed by atoms with Crippen LogP contribution >= 0.6 is 15.9 Å². The number of nitrogen functional groups attached to an aromatic ring is 1. The van der Waals surface area contributed by atoms with E-state index in [4.69, 9.17) is 10.8 Å². The smallest absolute Gasteiger partial charge is 0.0486 e. The van der Waals surface area contributed by atoms with Crippen molar-refractivity contribution < 1.29 is 5.11 Å². The van der Waals surface area contributed by atoms with Gasteiger partial charge in [0.2, 0.25) is 0 Å². The van der Waals surface area contributed by atoms with Gasteiger partial charge in [-0.2, -0.15) is 0 Å². The number of halogens is 1. The van der Waals surface area contributed by atoms with E-state index < -0.39 is 0 Å². The zero-order valence-electron chi connectivity index (χ0n) is 8.83. The Labute approximate surface area is 98.8 Å². The van der Waals surface area contributed by atoms with E-state index >= 15 is 0 Å². The average molecular weight is 273 g/mol. The Morgan fingerprint density at radius 3 is 2.87 bits per heavy atom. The minimum Gasteiger partial charge on any atom is -0.399 e. The molecule has 1 atom stereocenters. The van der Waals surface area contributed by atoms with Gasteiger partial charge in [0.05, 0.1) is 0 Å². The Balaban J connectivity index is 2.50. The lowest BCUT2D eigenvalue weighted by Crippen LogP contribution is -2.12. The Morgan fingerprint density at radius 2 is 2.27 bits per heavy atom. The molecule has 0 heterocycles. The summed E-state index contributed by atoms with van der Waals surface area (Å²) in [7, 11) is 0. The van der Waals surface area contributed by atoms with E-state index in [1.54, 1.807) is 0 Å². The number of nitrogens with two attached hydrogens (primary N) is 1. The van der Waals surface area contributed by atoms with Crippen molar-refractivity contribution in [3.63, 3.8) is 0 Å². The summed E-state index contributed by atoms with van der Waals surface area (Å²) in [4.78, 5) is 0. The Morgan fingerprint density at radius 1 is 1.53 bits per heavy atom. The maximum Gasteiger partial charge on any atom is 0.0486 e. The predicted octanol–water partition coefficient (Wildman–Crippen LogP) is 2.46. The molecule has 0 bridgehead atoms. The van der Waals surface area contributed by atoms with Gasteiger partial charge in [0.1, 0.15) is 0 Å². The fourth-order valence-corrected chi connectivity index (χ4v) is 1.82. The van der Waals surface area contributed by atoms with E-state index in [2.05, 4.69) is 28.2 Å². The summed E-state index contributed by atoms with van der Waals surface area (Å²) in [6.45, 7) is 3.20. The Bertz CT molecular complexity index is 317. The maximum absolute atomic E-state index is 8.77. The number of aliphatic hydroxyl groups excluding tert-OH is 1. The van der Waals surface area contributed by atoms with Crippen LogP contribution < -0.4 is 11.1 Å². The van der Waals surface area contributed by atoms with E-state index in [-0.39, 0.29) is 6.61 Å². The Kier molecular flexibility index (Phi) is 4.91. The van der Waals surface area contributed by atoms with Crippen LogP contribution in [0.2, 0.25) is 0 Å². The first-order valence-corrected chi connectivity index (χ1v) is 5.82. The van der Waals surface area contributed by atoms with Crippen molar-refractivity contribution in [1.29, 1.82) is 0 Å². The molecule has 1 aromatic carbocycles. The third kappa shape index (κ3) is 4.10. The number of nitrogens with one attached hydrogen (secondary N) is 1. The van der Waals surface area contributed by atoms with Crippen molar-refractivity contribution in [2.24, 2.45) is 5.92 Å². The molecule has 0 aromatic heterocycles. The third-order valence-electron chi connectivity index (χ3n) is 2.26. The molecule has 15 heavy (non-hydrogen) atoms. The zero-order valence-corrected chi connectivity index (χ0v) is 10.4. The van der Waals surface area contributed by atoms with Crippen LogP contribution in [0.3, 0.4) is 0 Å². The van der Waals surface area contributed by atoms with Gasteiger partial charge in [0.15, 0.2) is 0 Å². The van der Waals surface area contributed by atoms with Gasteiger partial charge in [-0.3, -0.25) is 0 Å². The van der Waals surface area contributed by atoms with Crippen LogP contribution in [0.15, 0.2) is 22.7 Å². The van der Waals surface area contributed by atoms with E-state index in [9.17, 15) is 0 Å². The first-order valence-electron chi connectivity index (χ1n) is 5.03. The van der Waals surface area contributed by atoms with Gasteiger partial charge in [-0.25, -0.2) is 0 Å². The quantitative estimate of drug-likeness (QED) is 0.722. The monoisotopic (exact) mass is 272 g/mol. The van der Waals surface area contributed by atoms with Gasteiger partial charge < -0.3 is 16.2 Å². The molecule has 0 aliphatic carbocycles. The number of hydrogen-bond acceptors (Lipinski definition) is 3. The van der Waals surface area contributed by atoms with E-state index in [0.717, 1.165) is 28.8 Å². The lowest BCUT2D eigenvalue weighted by atomic mass is 10.1. The van der Waals surface area contributed by atoms with Crippen LogP contribution in [-0.2, 0) is 0 Å². The molecule has 1 unspecified atom stereocenters. The minimum atomic E-state index is 0.242. The average Bonchev–Trinajstić information content (AvgIpc) is 2.17. The lowest BCUT2D eigenvalue weighted by Gasteiger charge is -2.13. The molecule has 0 radical (unpaired) electrons. The van der Waals surface area contributed by atoms with E-state index in [1.165, 1.54) is 0 Å². The van der Waals surface area contributed by atoms with E-state index in [1.807, 2.05) is 18.2 Å². The summed E-state index contributed by atoms with van der Waals surface area (Å²) >= 11 is 3.44. The lowest BCUT2D eigenvalue weighted by molar-refractivity contribution is 0.266. The van der Waals surface area contributed by atoms with Crippen LogP contribution in [0.4, 0.5) is 11.4 Å². The SMILES string of the molecule is CC(CCO)CNc1ccc(N)cc1Br. The number of hydrogen-bond donors (Lipinski definition) is 3. The summed E-state index contributed by atoms with van der Waals surface area (Å²) < 4.78 is 0.971. The molecule has 0 saturated heterocycles. The molecule has 84 valence electrons. The van der Waals surface area contributed by atoms with Gasteiger partial charge in [-0.05, 0) is 46.5 Å². The molecular weight excluding hydrogens is 256 g/mol. The van der Waals surface area contributed by atoms with Crippen LogP contribution in [0.1, 0.15) is 13.3 Å². The highest BCUT2D eigenvalue weighted by Crippen LogP contribution is 2.24. The molecule has 0 spiro atoms. The zero-order chi connectivity index (χ0) is 11.3. The largest absolute Gasteiger partial charge is 0.399 e. The van der Waals surface area contributed by atoms with Gasteiger partial charge in [0, 0.05) is 29.0 Å². The van der Waals surface area contributed by atoms with Crippen molar-refractivity contribution in [1.82, 2.24) is 0 Å².